The molecule has 104 valence electrons. The van der Waals surface area contributed by atoms with Crippen LogP contribution in [-0.4, -0.2) is 24.0 Å². The van der Waals surface area contributed by atoms with Gasteiger partial charge >= 0.3 is 0 Å². The molecular weight excluding hydrogens is 244 g/mol. The zero-order chi connectivity index (χ0) is 13.5. The quantitative estimate of drug-likeness (QED) is 0.905. The van der Waals surface area contributed by atoms with E-state index in [0.29, 0.717) is 6.04 Å². The molecule has 1 heterocycles. The van der Waals surface area contributed by atoms with Gasteiger partial charge in [0.1, 0.15) is 0 Å². The fraction of sp³-hybridized carbons (Fsp3) is 0.444. The van der Waals surface area contributed by atoms with E-state index in [1.807, 2.05) is 0 Å². The summed E-state index contributed by atoms with van der Waals surface area (Å²) in [6, 6.07) is 15.8. The van der Waals surface area contributed by atoms with Crippen LogP contribution in [0.4, 0.5) is 0 Å². The Morgan fingerprint density at radius 3 is 2.75 bits per heavy atom. The Morgan fingerprint density at radius 2 is 1.85 bits per heavy atom. The van der Waals surface area contributed by atoms with Gasteiger partial charge in [0.05, 0.1) is 0 Å². The molecule has 0 amide bonds. The van der Waals surface area contributed by atoms with Crippen LogP contribution >= 0.6 is 0 Å². The molecule has 1 aliphatic heterocycles. The van der Waals surface area contributed by atoms with Crippen LogP contribution in [0.5, 0.6) is 0 Å². The number of rotatable bonds is 2. The van der Waals surface area contributed by atoms with Crippen LogP contribution in [-0.2, 0) is 6.54 Å². The van der Waals surface area contributed by atoms with Gasteiger partial charge in [-0.15, -0.1) is 0 Å². The highest BCUT2D eigenvalue weighted by molar-refractivity contribution is 5.85. The van der Waals surface area contributed by atoms with Gasteiger partial charge in [0.2, 0.25) is 0 Å². The Morgan fingerprint density at radius 1 is 1.00 bits per heavy atom. The summed E-state index contributed by atoms with van der Waals surface area (Å²) in [6.07, 6.45) is 2.56. The summed E-state index contributed by atoms with van der Waals surface area (Å²) in [5.74, 6) is 1.59. The number of hydrogen-bond acceptors (Lipinski definition) is 2. The molecule has 3 atom stereocenters. The summed E-state index contributed by atoms with van der Waals surface area (Å²) in [5, 5.41) is 2.75. The first kappa shape index (κ1) is 12.4. The third-order valence-corrected chi connectivity index (χ3v) is 5.26. The van der Waals surface area contributed by atoms with E-state index in [4.69, 9.17) is 5.73 Å². The fourth-order valence-electron chi connectivity index (χ4n) is 4.20. The minimum absolute atomic E-state index is 0.442. The summed E-state index contributed by atoms with van der Waals surface area (Å²) >= 11 is 0. The third kappa shape index (κ3) is 2.04. The number of likely N-dealkylation sites (tertiary alicyclic amines) is 1. The van der Waals surface area contributed by atoms with Gasteiger partial charge in [-0.3, -0.25) is 4.90 Å². The second-order valence-electron chi connectivity index (χ2n) is 6.50. The Balaban J connectivity index is 1.57. The molecule has 2 heteroatoms. The van der Waals surface area contributed by atoms with Crippen molar-refractivity contribution in [2.24, 2.45) is 17.6 Å². The molecule has 2 nitrogen and oxygen atoms in total. The predicted octanol–water partition coefficient (Wildman–Crippen LogP) is 3.01. The normalized spacial score (nSPS) is 29.9. The molecule has 1 aliphatic carbocycles. The lowest BCUT2D eigenvalue weighted by Crippen LogP contribution is -2.30. The first-order valence-corrected chi connectivity index (χ1v) is 7.76. The highest BCUT2D eigenvalue weighted by atomic mass is 15.2. The van der Waals surface area contributed by atoms with Crippen molar-refractivity contribution in [2.45, 2.75) is 25.4 Å². The zero-order valence-corrected chi connectivity index (χ0v) is 11.8. The maximum absolute atomic E-state index is 6.24. The van der Waals surface area contributed by atoms with Crippen molar-refractivity contribution in [3.05, 3.63) is 48.0 Å². The number of nitrogens with zero attached hydrogens (tertiary/aromatic N) is 1. The molecule has 2 fully saturated rings. The maximum atomic E-state index is 6.24. The molecule has 2 aromatic carbocycles. The van der Waals surface area contributed by atoms with Gasteiger partial charge in [0.15, 0.2) is 0 Å². The Labute approximate surface area is 120 Å². The highest BCUT2D eigenvalue weighted by Gasteiger charge is 2.40. The van der Waals surface area contributed by atoms with Crippen molar-refractivity contribution < 1.29 is 0 Å². The molecule has 1 saturated heterocycles. The topological polar surface area (TPSA) is 29.3 Å². The Hall–Kier alpha value is -1.38. The van der Waals surface area contributed by atoms with Crippen molar-refractivity contribution in [1.82, 2.24) is 4.90 Å². The molecule has 20 heavy (non-hydrogen) atoms. The predicted molar refractivity (Wildman–Crippen MR) is 83.4 cm³/mol. The van der Waals surface area contributed by atoms with Crippen molar-refractivity contribution in [1.29, 1.82) is 0 Å². The van der Waals surface area contributed by atoms with E-state index in [0.717, 1.165) is 18.4 Å². The van der Waals surface area contributed by atoms with E-state index in [-0.39, 0.29) is 0 Å². The lowest BCUT2D eigenvalue weighted by Gasteiger charge is -2.19. The van der Waals surface area contributed by atoms with E-state index < -0.39 is 0 Å². The van der Waals surface area contributed by atoms with Gasteiger partial charge in [-0.05, 0) is 41.0 Å². The average Bonchev–Trinajstić information content (AvgIpc) is 3.02. The second-order valence-corrected chi connectivity index (χ2v) is 6.50. The van der Waals surface area contributed by atoms with Crippen LogP contribution < -0.4 is 5.73 Å². The van der Waals surface area contributed by atoms with Gasteiger partial charge < -0.3 is 5.73 Å². The van der Waals surface area contributed by atoms with Crippen LogP contribution in [0.2, 0.25) is 0 Å². The molecule has 0 aromatic heterocycles. The lowest BCUT2D eigenvalue weighted by atomic mass is 9.98. The number of hydrogen-bond donors (Lipinski definition) is 1. The van der Waals surface area contributed by atoms with E-state index >= 15 is 0 Å². The average molecular weight is 266 g/mol. The van der Waals surface area contributed by atoms with Crippen LogP contribution in [0.25, 0.3) is 10.8 Å². The summed E-state index contributed by atoms with van der Waals surface area (Å²) < 4.78 is 0. The molecule has 2 aliphatic rings. The Bertz CT molecular complexity index is 616. The first-order chi connectivity index (χ1) is 9.81. The highest BCUT2D eigenvalue weighted by Crippen LogP contribution is 2.37. The minimum Gasteiger partial charge on any atom is -0.327 e. The van der Waals surface area contributed by atoms with Crippen molar-refractivity contribution in [2.75, 3.05) is 13.1 Å². The summed E-state index contributed by atoms with van der Waals surface area (Å²) in [6.45, 7) is 3.50. The molecule has 2 aromatic rings. The second kappa shape index (κ2) is 4.87. The summed E-state index contributed by atoms with van der Waals surface area (Å²) in [5.41, 5.74) is 7.69. The van der Waals surface area contributed by atoms with Crippen LogP contribution in [0.15, 0.2) is 42.5 Å². The molecule has 0 bridgehead atoms. The van der Waals surface area contributed by atoms with Crippen LogP contribution in [0.1, 0.15) is 18.4 Å². The smallest absolute Gasteiger partial charge is 0.0240 e. The standard InChI is InChI=1S/C18H22N2/c19-18-9-8-15-11-20(12-17(15)18)10-14-6-3-5-13-4-1-2-7-16(13)14/h1-7,15,17-18H,8-12,19H2. The van der Waals surface area contributed by atoms with Crippen molar-refractivity contribution in [3.8, 4) is 0 Å². The van der Waals surface area contributed by atoms with Gasteiger partial charge in [-0.25, -0.2) is 0 Å². The van der Waals surface area contributed by atoms with Gasteiger partial charge in [-0.2, -0.15) is 0 Å². The van der Waals surface area contributed by atoms with Gasteiger partial charge in [-0.1, -0.05) is 42.5 Å². The van der Waals surface area contributed by atoms with Crippen LogP contribution in [0, 0.1) is 11.8 Å². The molecule has 2 N–H and O–H groups in total. The maximum Gasteiger partial charge on any atom is 0.0240 e. The molecule has 4 rings (SSSR count). The number of fused-ring (bicyclic) bond motifs is 2. The lowest BCUT2D eigenvalue weighted by molar-refractivity contribution is 0.299. The Kier molecular flexibility index (Phi) is 3.01. The first-order valence-electron chi connectivity index (χ1n) is 7.76. The SMILES string of the molecule is NC1CCC2CN(Cc3cccc4ccccc34)CC12. The zero-order valence-electron chi connectivity index (χ0n) is 11.8. The monoisotopic (exact) mass is 266 g/mol. The van der Waals surface area contributed by atoms with Crippen molar-refractivity contribution in [3.63, 3.8) is 0 Å². The summed E-state index contributed by atoms with van der Waals surface area (Å²) in [7, 11) is 0. The third-order valence-electron chi connectivity index (χ3n) is 5.26. The van der Waals surface area contributed by atoms with E-state index in [1.54, 1.807) is 0 Å². The van der Waals surface area contributed by atoms with E-state index in [1.165, 1.54) is 42.3 Å². The van der Waals surface area contributed by atoms with Gasteiger partial charge in [0, 0.05) is 25.7 Å². The van der Waals surface area contributed by atoms with Gasteiger partial charge in [0.25, 0.3) is 0 Å². The summed E-state index contributed by atoms with van der Waals surface area (Å²) in [4.78, 5) is 2.61. The molecule has 0 radical (unpaired) electrons. The molecule has 0 spiro atoms. The largest absolute Gasteiger partial charge is 0.327 e. The molecule has 3 unspecified atom stereocenters. The minimum atomic E-state index is 0.442. The fourth-order valence-corrected chi connectivity index (χ4v) is 4.20. The van der Waals surface area contributed by atoms with E-state index in [2.05, 4.69) is 47.4 Å². The van der Waals surface area contributed by atoms with Crippen molar-refractivity contribution >= 4 is 10.8 Å². The number of benzene rings is 2. The molecular formula is C18H22N2. The molecule has 1 saturated carbocycles. The van der Waals surface area contributed by atoms with Crippen LogP contribution in [0.3, 0.4) is 0 Å². The van der Waals surface area contributed by atoms with E-state index in [9.17, 15) is 0 Å². The number of nitrogens with two attached hydrogens (primary N) is 1.